The van der Waals surface area contributed by atoms with Crippen molar-refractivity contribution in [1.29, 1.82) is 0 Å². The number of hydrogen-bond donors (Lipinski definition) is 2. The molecular weight excluding hydrogens is 354 g/mol. The van der Waals surface area contributed by atoms with Gasteiger partial charge < -0.3 is 20.3 Å². The molecule has 1 aliphatic carbocycles. The summed E-state index contributed by atoms with van der Waals surface area (Å²) in [6.07, 6.45) is 6.17. The van der Waals surface area contributed by atoms with Gasteiger partial charge in [0.1, 0.15) is 11.0 Å². The monoisotopic (exact) mass is 381 g/mol. The SMILES string of the molecule is CCC1COC(C(=O)NC2CCCCC2)CN1c1cc(Cl)nc(NC)n1. The quantitative estimate of drug-likeness (QED) is 0.763. The topological polar surface area (TPSA) is 79.4 Å². The van der Waals surface area contributed by atoms with E-state index in [0.717, 1.165) is 25.1 Å². The van der Waals surface area contributed by atoms with E-state index in [4.69, 9.17) is 16.3 Å². The number of nitrogens with zero attached hydrogens (tertiary/aromatic N) is 3. The van der Waals surface area contributed by atoms with Crippen LogP contribution < -0.4 is 15.5 Å². The van der Waals surface area contributed by atoms with E-state index in [1.165, 1.54) is 19.3 Å². The zero-order valence-corrected chi connectivity index (χ0v) is 16.3. The predicted octanol–water partition coefficient (Wildman–Crippen LogP) is 2.60. The Kier molecular flexibility index (Phi) is 6.53. The molecule has 144 valence electrons. The number of aromatic nitrogens is 2. The number of nitrogens with one attached hydrogen (secondary N) is 2. The predicted molar refractivity (Wildman–Crippen MR) is 103 cm³/mol. The van der Waals surface area contributed by atoms with E-state index in [2.05, 4.69) is 32.4 Å². The maximum Gasteiger partial charge on any atom is 0.251 e. The summed E-state index contributed by atoms with van der Waals surface area (Å²) in [4.78, 5) is 23.5. The first-order chi connectivity index (χ1) is 12.6. The summed E-state index contributed by atoms with van der Waals surface area (Å²) in [7, 11) is 1.76. The van der Waals surface area contributed by atoms with Crippen LogP contribution in [0.15, 0.2) is 6.07 Å². The Balaban J connectivity index is 1.71. The first-order valence-electron chi connectivity index (χ1n) is 9.51. The molecule has 0 aromatic carbocycles. The Morgan fingerprint density at radius 2 is 2.12 bits per heavy atom. The molecule has 1 aliphatic heterocycles. The normalized spacial score (nSPS) is 24.3. The maximum absolute atomic E-state index is 12.7. The summed E-state index contributed by atoms with van der Waals surface area (Å²) in [5.41, 5.74) is 0. The lowest BCUT2D eigenvalue weighted by Gasteiger charge is -2.40. The van der Waals surface area contributed by atoms with Crippen LogP contribution in [0.1, 0.15) is 45.4 Å². The minimum Gasteiger partial charge on any atom is -0.364 e. The van der Waals surface area contributed by atoms with E-state index >= 15 is 0 Å². The van der Waals surface area contributed by atoms with Gasteiger partial charge >= 0.3 is 0 Å². The van der Waals surface area contributed by atoms with Crippen molar-refractivity contribution in [2.24, 2.45) is 0 Å². The molecule has 2 aliphatic rings. The lowest BCUT2D eigenvalue weighted by atomic mass is 9.95. The van der Waals surface area contributed by atoms with Crippen LogP contribution in [-0.2, 0) is 9.53 Å². The third kappa shape index (κ3) is 4.57. The number of morpholine rings is 1. The summed E-state index contributed by atoms with van der Waals surface area (Å²) in [5, 5.41) is 6.47. The molecule has 26 heavy (non-hydrogen) atoms. The van der Waals surface area contributed by atoms with Gasteiger partial charge in [0, 0.05) is 19.2 Å². The molecule has 1 saturated carbocycles. The third-order valence-corrected chi connectivity index (χ3v) is 5.40. The van der Waals surface area contributed by atoms with Gasteiger partial charge in [-0.15, -0.1) is 0 Å². The first kappa shape index (κ1) is 19.2. The van der Waals surface area contributed by atoms with Crippen molar-refractivity contribution in [2.75, 3.05) is 30.4 Å². The van der Waals surface area contributed by atoms with Crippen LogP contribution in [0.5, 0.6) is 0 Å². The fraction of sp³-hybridized carbons (Fsp3) is 0.722. The summed E-state index contributed by atoms with van der Waals surface area (Å²) in [5.74, 6) is 1.17. The van der Waals surface area contributed by atoms with Crippen LogP contribution in [0, 0.1) is 0 Å². The van der Waals surface area contributed by atoms with Crippen molar-refractivity contribution in [3.63, 3.8) is 0 Å². The lowest BCUT2D eigenvalue weighted by Crippen LogP contribution is -2.56. The van der Waals surface area contributed by atoms with E-state index in [0.29, 0.717) is 24.3 Å². The highest BCUT2D eigenvalue weighted by Gasteiger charge is 2.34. The fourth-order valence-electron chi connectivity index (χ4n) is 3.68. The van der Waals surface area contributed by atoms with E-state index < -0.39 is 6.10 Å². The molecule has 2 N–H and O–H groups in total. The summed E-state index contributed by atoms with van der Waals surface area (Å²) < 4.78 is 5.88. The van der Waals surface area contributed by atoms with E-state index in [-0.39, 0.29) is 18.0 Å². The van der Waals surface area contributed by atoms with E-state index in [9.17, 15) is 4.79 Å². The van der Waals surface area contributed by atoms with Crippen molar-refractivity contribution in [2.45, 2.75) is 63.6 Å². The molecule has 1 aromatic heterocycles. The lowest BCUT2D eigenvalue weighted by molar-refractivity contribution is -0.135. The number of carbonyl (C=O) groups is 1. The average Bonchev–Trinajstić information content (AvgIpc) is 2.67. The van der Waals surface area contributed by atoms with Crippen LogP contribution in [0.4, 0.5) is 11.8 Å². The average molecular weight is 382 g/mol. The molecule has 0 spiro atoms. The maximum atomic E-state index is 12.7. The fourth-order valence-corrected chi connectivity index (χ4v) is 3.86. The number of halogens is 1. The smallest absolute Gasteiger partial charge is 0.251 e. The molecule has 2 atom stereocenters. The van der Waals surface area contributed by atoms with Gasteiger partial charge in [0.15, 0.2) is 6.10 Å². The second-order valence-corrected chi connectivity index (χ2v) is 7.39. The van der Waals surface area contributed by atoms with Gasteiger partial charge in [-0.1, -0.05) is 37.8 Å². The Morgan fingerprint density at radius 3 is 2.81 bits per heavy atom. The van der Waals surface area contributed by atoms with Crippen LogP contribution >= 0.6 is 11.6 Å². The van der Waals surface area contributed by atoms with E-state index in [1.54, 1.807) is 13.1 Å². The summed E-state index contributed by atoms with van der Waals surface area (Å²) >= 11 is 6.14. The second kappa shape index (κ2) is 8.86. The highest BCUT2D eigenvalue weighted by atomic mass is 35.5. The Labute approximate surface area is 159 Å². The van der Waals surface area contributed by atoms with Gasteiger partial charge in [-0.2, -0.15) is 4.98 Å². The molecular formula is C18H28ClN5O2. The number of hydrogen-bond acceptors (Lipinski definition) is 6. The zero-order chi connectivity index (χ0) is 18.5. The van der Waals surface area contributed by atoms with Gasteiger partial charge in [-0.25, -0.2) is 4.98 Å². The van der Waals surface area contributed by atoms with Crippen LogP contribution in [0.2, 0.25) is 5.15 Å². The molecule has 2 fully saturated rings. The zero-order valence-electron chi connectivity index (χ0n) is 15.5. The molecule has 2 unspecified atom stereocenters. The highest BCUT2D eigenvalue weighted by Crippen LogP contribution is 2.25. The molecule has 1 aromatic rings. The molecule has 2 heterocycles. The molecule has 0 bridgehead atoms. The number of rotatable bonds is 5. The van der Waals surface area contributed by atoms with Crippen molar-refractivity contribution >= 4 is 29.3 Å². The molecule has 1 saturated heterocycles. The standard InChI is InChI=1S/C18H28ClN5O2/c1-3-13-11-26-14(17(25)21-12-7-5-4-6-8-12)10-24(13)16-9-15(19)22-18(20-2)23-16/h9,12-14H,3-8,10-11H2,1-2H3,(H,21,25)(H,20,22,23). The molecule has 1 amide bonds. The second-order valence-electron chi connectivity index (χ2n) is 7.00. The van der Waals surface area contributed by atoms with Gasteiger partial charge in [0.2, 0.25) is 5.95 Å². The first-order valence-corrected chi connectivity index (χ1v) is 9.89. The van der Waals surface area contributed by atoms with Crippen LogP contribution in [0.25, 0.3) is 0 Å². The number of amides is 1. The van der Waals surface area contributed by atoms with E-state index in [1.807, 2.05) is 0 Å². The van der Waals surface area contributed by atoms with Crippen molar-refractivity contribution in [3.05, 3.63) is 11.2 Å². The van der Waals surface area contributed by atoms with Crippen LogP contribution in [0.3, 0.4) is 0 Å². The summed E-state index contributed by atoms with van der Waals surface area (Å²) in [6, 6.07) is 2.18. The molecule has 8 heteroatoms. The molecule has 3 rings (SSSR count). The van der Waals surface area contributed by atoms with Crippen molar-refractivity contribution < 1.29 is 9.53 Å². The Morgan fingerprint density at radius 1 is 1.35 bits per heavy atom. The summed E-state index contributed by atoms with van der Waals surface area (Å²) in [6.45, 7) is 3.06. The van der Waals surface area contributed by atoms with Crippen molar-refractivity contribution in [1.82, 2.24) is 15.3 Å². The number of carbonyl (C=O) groups excluding carboxylic acids is 1. The number of anilines is 2. The minimum absolute atomic E-state index is 0.0227. The Bertz CT molecular complexity index is 624. The van der Waals surface area contributed by atoms with Gasteiger partial charge in [0.05, 0.1) is 19.2 Å². The Hall–Kier alpha value is -1.60. The minimum atomic E-state index is -0.494. The largest absolute Gasteiger partial charge is 0.364 e. The highest BCUT2D eigenvalue weighted by molar-refractivity contribution is 6.29. The molecule has 7 nitrogen and oxygen atoms in total. The van der Waals surface area contributed by atoms with Gasteiger partial charge in [0.25, 0.3) is 5.91 Å². The van der Waals surface area contributed by atoms with Gasteiger partial charge in [-0.3, -0.25) is 4.79 Å². The van der Waals surface area contributed by atoms with Gasteiger partial charge in [-0.05, 0) is 19.3 Å². The number of ether oxygens (including phenoxy) is 1. The molecule has 0 radical (unpaired) electrons. The van der Waals surface area contributed by atoms with Crippen LogP contribution in [-0.4, -0.2) is 54.3 Å². The van der Waals surface area contributed by atoms with Crippen molar-refractivity contribution in [3.8, 4) is 0 Å². The third-order valence-electron chi connectivity index (χ3n) is 5.21.